The first kappa shape index (κ1) is 11.9. The molecule has 5 heteroatoms. The predicted octanol–water partition coefficient (Wildman–Crippen LogP) is 3.59. The monoisotopic (exact) mass is 274 g/mol. The summed E-state index contributed by atoms with van der Waals surface area (Å²) in [4.78, 5) is 12.3. The van der Waals surface area contributed by atoms with Gasteiger partial charge in [-0.25, -0.2) is 4.39 Å². The van der Waals surface area contributed by atoms with Crippen LogP contribution in [0.15, 0.2) is 42.6 Å². The molecule has 0 aliphatic carbocycles. The van der Waals surface area contributed by atoms with E-state index in [9.17, 15) is 9.18 Å². The van der Waals surface area contributed by atoms with E-state index in [4.69, 9.17) is 11.6 Å². The zero-order valence-corrected chi connectivity index (χ0v) is 10.4. The van der Waals surface area contributed by atoms with Crippen molar-refractivity contribution in [2.75, 3.05) is 0 Å². The maximum Gasteiger partial charge on any atom is 0.197 e. The summed E-state index contributed by atoms with van der Waals surface area (Å²) in [7, 11) is 0. The standard InChI is InChI=1S/C14H8ClFN2O/c15-11-6-13-8(7-17-18-13)5-10(11)14(19)9-3-1-2-4-12(9)16/h1-7H,(H,17,18). The Balaban J connectivity index is 2.16. The first-order chi connectivity index (χ1) is 9.16. The maximum atomic E-state index is 13.6. The van der Waals surface area contributed by atoms with Crippen LogP contribution in [0.1, 0.15) is 15.9 Å². The Kier molecular flexibility index (Phi) is 2.80. The van der Waals surface area contributed by atoms with Crippen LogP contribution in [0.3, 0.4) is 0 Å². The lowest BCUT2D eigenvalue weighted by Gasteiger charge is -2.05. The van der Waals surface area contributed by atoms with Crippen LogP contribution in [-0.2, 0) is 0 Å². The molecule has 0 amide bonds. The third-order valence-corrected chi connectivity index (χ3v) is 3.20. The molecule has 2 aromatic carbocycles. The number of aromatic nitrogens is 2. The van der Waals surface area contributed by atoms with Crippen LogP contribution >= 0.6 is 11.6 Å². The Morgan fingerprint density at radius 2 is 2.00 bits per heavy atom. The summed E-state index contributed by atoms with van der Waals surface area (Å²) in [6.45, 7) is 0. The van der Waals surface area contributed by atoms with Crippen molar-refractivity contribution in [2.45, 2.75) is 0 Å². The lowest BCUT2D eigenvalue weighted by atomic mass is 10.0. The number of carbonyl (C=O) groups excluding carboxylic acids is 1. The van der Waals surface area contributed by atoms with Crippen LogP contribution in [0.25, 0.3) is 10.9 Å². The summed E-state index contributed by atoms with van der Waals surface area (Å²) in [5, 5.41) is 7.64. The lowest BCUT2D eigenvalue weighted by Crippen LogP contribution is -2.04. The molecule has 0 saturated carbocycles. The summed E-state index contributed by atoms with van der Waals surface area (Å²) >= 11 is 6.07. The molecule has 0 saturated heterocycles. The first-order valence-corrected chi connectivity index (χ1v) is 5.96. The molecule has 0 bridgehead atoms. The Morgan fingerprint density at radius 3 is 2.79 bits per heavy atom. The molecule has 3 nitrogen and oxygen atoms in total. The Labute approximate surface area is 113 Å². The average molecular weight is 275 g/mol. The molecule has 0 fully saturated rings. The minimum Gasteiger partial charge on any atom is -0.288 e. The fraction of sp³-hybridized carbons (Fsp3) is 0. The fourth-order valence-corrected chi connectivity index (χ4v) is 2.18. The van der Waals surface area contributed by atoms with Crippen LogP contribution in [-0.4, -0.2) is 16.0 Å². The van der Waals surface area contributed by atoms with Gasteiger partial charge in [0.05, 0.1) is 22.3 Å². The van der Waals surface area contributed by atoms with E-state index >= 15 is 0 Å². The van der Waals surface area contributed by atoms with Crippen molar-refractivity contribution < 1.29 is 9.18 Å². The van der Waals surface area contributed by atoms with Gasteiger partial charge in [-0.05, 0) is 24.3 Å². The molecule has 3 aromatic rings. The van der Waals surface area contributed by atoms with Gasteiger partial charge in [-0.15, -0.1) is 0 Å². The van der Waals surface area contributed by atoms with Gasteiger partial charge in [-0.2, -0.15) is 5.10 Å². The molecule has 1 N–H and O–H groups in total. The quantitative estimate of drug-likeness (QED) is 0.726. The highest BCUT2D eigenvalue weighted by atomic mass is 35.5. The molecule has 3 rings (SSSR count). The zero-order valence-electron chi connectivity index (χ0n) is 9.65. The molecule has 1 aromatic heterocycles. The largest absolute Gasteiger partial charge is 0.288 e. The number of aromatic amines is 1. The van der Waals surface area contributed by atoms with E-state index in [2.05, 4.69) is 10.2 Å². The second-order valence-electron chi connectivity index (χ2n) is 4.10. The van der Waals surface area contributed by atoms with Crippen molar-refractivity contribution in [1.29, 1.82) is 0 Å². The average Bonchev–Trinajstić information content (AvgIpc) is 2.84. The van der Waals surface area contributed by atoms with Crippen LogP contribution in [0.2, 0.25) is 5.02 Å². The molecule has 19 heavy (non-hydrogen) atoms. The molecule has 94 valence electrons. The number of hydrogen-bond donors (Lipinski definition) is 1. The van der Waals surface area contributed by atoms with Gasteiger partial charge in [0.15, 0.2) is 5.78 Å². The summed E-state index contributed by atoms with van der Waals surface area (Å²) < 4.78 is 13.6. The van der Waals surface area contributed by atoms with Crippen LogP contribution in [0, 0.1) is 5.82 Å². The maximum absolute atomic E-state index is 13.6. The number of carbonyl (C=O) groups is 1. The summed E-state index contributed by atoms with van der Waals surface area (Å²) in [5.41, 5.74) is 1.00. The lowest BCUT2D eigenvalue weighted by molar-refractivity contribution is 0.103. The third-order valence-electron chi connectivity index (χ3n) is 2.89. The van der Waals surface area contributed by atoms with E-state index in [0.29, 0.717) is 0 Å². The van der Waals surface area contributed by atoms with Gasteiger partial charge in [0.25, 0.3) is 0 Å². The molecule has 0 aliphatic rings. The number of halogens is 2. The van der Waals surface area contributed by atoms with Gasteiger partial charge in [-0.1, -0.05) is 23.7 Å². The van der Waals surface area contributed by atoms with Gasteiger partial charge in [0, 0.05) is 10.9 Å². The minimum absolute atomic E-state index is 0.00671. The van der Waals surface area contributed by atoms with Crippen molar-refractivity contribution in [1.82, 2.24) is 10.2 Å². The van der Waals surface area contributed by atoms with Crippen molar-refractivity contribution >= 4 is 28.3 Å². The highest BCUT2D eigenvalue weighted by Crippen LogP contribution is 2.25. The van der Waals surface area contributed by atoms with Crippen molar-refractivity contribution in [3.8, 4) is 0 Å². The molecular formula is C14H8ClFN2O. The van der Waals surface area contributed by atoms with Gasteiger partial charge in [0.1, 0.15) is 5.82 Å². The third kappa shape index (κ3) is 2.00. The van der Waals surface area contributed by atoms with E-state index in [1.165, 1.54) is 18.2 Å². The first-order valence-electron chi connectivity index (χ1n) is 5.58. The molecule has 0 radical (unpaired) electrons. The van der Waals surface area contributed by atoms with E-state index in [0.717, 1.165) is 10.9 Å². The topological polar surface area (TPSA) is 45.8 Å². The molecule has 0 unspecified atom stereocenters. The van der Waals surface area contributed by atoms with Gasteiger partial charge < -0.3 is 0 Å². The molecule has 1 heterocycles. The second kappa shape index (κ2) is 4.48. The molecule has 0 atom stereocenters. The van der Waals surface area contributed by atoms with Gasteiger partial charge in [0.2, 0.25) is 0 Å². The number of rotatable bonds is 2. The highest BCUT2D eigenvalue weighted by molar-refractivity contribution is 6.35. The highest BCUT2D eigenvalue weighted by Gasteiger charge is 2.17. The van der Waals surface area contributed by atoms with Crippen LogP contribution in [0.5, 0.6) is 0 Å². The minimum atomic E-state index is -0.559. The van der Waals surface area contributed by atoms with Crippen molar-refractivity contribution in [3.05, 3.63) is 64.6 Å². The van der Waals surface area contributed by atoms with Crippen molar-refractivity contribution in [2.24, 2.45) is 0 Å². The number of benzene rings is 2. The smallest absolute Gasteiger partial charge is 0.197 e. The van der Waals surface area contributed by atoms with E-state index in [-0.39, 0.29) is 16.1 Å². The van der Waals surface area contributed by atoms with Crippen molar-refractivity contribution in [3.63, 3.8) is 0 Å². The second-order valence-corrected chi connectivity index (χ2v) is 4.51. The zero-order chi connectivity index (χ0) is 13.4. The number of fused-ring (bicyclic) bond motifs is 1. The fourth-order valence-electron chi connectivity index (χ4n) is 1.93. The Hall–Kier alpha value is -2.20. The summed E-state index contributed by atoms with van der Waals surface area (Å²) in [6, 6.07) is 9.05. The molecule has 0 aliphatic heterocycles. The van der Waals surface area contributed by atoms with E-state index in [1.807, 2.05) is 0 Å². The number of H-pyrrole nitrogens is 1. The number of nitrogens with zero attached hydrogens (tertiary/aromatic N) is 1. The number of nitrogens with one attached hydrogen (secondary N) is 1. The summed E-state index contributed by atoms with van der Waals surface area (Å²) in [6.07, 6.45) is 1.59. The molecule has 0 spiro atoms. The molecular weight excluding hydrogens is 267 g/mol. The Morgan fingerprint density at radius 1 is 1.21 bits per heavy atom. The normalized spacial score (nSPS) is 10.8. The van der Waals surface area contributed by atoms with Crippen LogP contribution < -0.4 is 0 Å². The number of hydrogen-bond acceptors (Lipinski definition) is 2. The number of ketones is 1. The van der Waals surface area contributed by atoms with E-state index in [1.54, 1.807) is 24.4 Å². The summed E-state index contributed by atoms with van der Waals surface area (Å²) in [5.74, 6) is -0.998. The van der Waals surface area contributed by atoms with E-state index < -0.39 is 11.6 Å². The Bertz CT molecular complexity index is 782. The SMILES string of the molecule is O=C(c1ccccc1F)c1cc2cn[nH]c2cc1Cl. The predicted molar refractivity (Wildman–Crippen MR) is 70.9 cm³/mol. The van der Waals surface area contributed by atoms with Gasteiger partial charge in [-0.3, -0.25) is 9.89 Å². The van der Waals surface area contributed by atoms with Crippen LogP contribution in [0.4, 0.5) is 4.39 Å². The van der Waals surface area contributed by atoms with Gasteiger partial charge >= 0.3 is 0 Å².